The van der Waals surface area contributed by atoms with E-state index < -0.39 is 0 Å². The fourth-order valence-electron chi connectivity index (χ4n) is 3.67. The number of carbonyl (C=O) groups excluding carboxylic acids is 1. The van der Waals surface area contributed by atoms with Crippen LogP contribution in [0.3, 0.4) is 0 Å². The summed E-state index contributed by atoms with van der Waals surface area (Å²) in [6, 6.07) is 3.98. The molecule has 0 aliphatic carbocycles. The maximum Gasteiger partial charge on any atom is 0.173 e. The standard InChI is InChI=1S/C19H26BrNO3/c1-19(2,3)15-7-12(17(22)9-20)8-16(18(15)23-4)21-10-13-5-6-14(11-21)24-13/h7-8,13-14H,5-6,9-11H2,1-4H3/t13-,14+. The number of carbonyl (C=O) groups is 1. The maximum atomic E-state index is 12.3. The van der Waals surface area contributed by atoms with Crippen molar-refractivity contribution in [3.63, 3.8) is 0 Å². The van der Waals surface area contributed by atoms with Crippen molar-refractivity contribution < 1.29 is 14.3 Å². The second kappa shape index (κ2) is 6.68. The van der Waals surface area contributed by atoms with Crippen molar-refractivity contribution in [3.05, 3.63) is 23.3 Å². The second-order valence-corrected chi connectivity index (χ2v) is 8.31. The van der Waals surface area contributed by atoms with Crippen molar-refractivity contribution in [1.29, 1.82) is 0 Å². The van der Waals surface area contributed by atoms with Gasteiger partial charge in [0.15, 0.2) is 5.78 Å². The topological polar surface area (TPSA) is 38.8 Å². The first kappa shape index (κ1) is 17.7. The molecule has 0 saturated carbocycles. The molecule has 2 heterocycles. The Hall–Kier alpha value is -1.07. The highest BCUT2D eigenvalue weighted by atomic mass is 79.9. The largest absolute Gasteiger partial charge is 0.494 e. The molecule has 2 aliphatic rings. The molecule has 1 aromatic rings. The van der Waals surface area contributed by atoms with Crippen LogP contribution in [0.5, 0.6) is 5.75 Å². The third kappa shape index (κ3) is 3.33. The van der Waals surface area contributed by atoms with Crippen LogP contribution in [0.4, 0.5) is 5.69 Å². The van der Waals surface area contributed by atoms with Crippen LogP contribution in [0, 0.1) is 0 Å². The summed E-state index contributed by atoms with van der Waals surface area (Å²) in [6.07, 6.45) is 2.83. The Balaban J connectivity index is 2.10. The summed E-state index contributed by atoms with van der Waals surface area (Å²) < 4.78 is 11.8. The second-order valence-electron chi connectivity index (χ2n) is 7.75. The Kier molecular flexibility index (Phi) is 4.94. The van der Waals surface area contributed by atoms with Crippen LogP contribution in [0.15, 0.2) is 12.1 Å². The number of halogens is 1. The van der Waals surface area contributed by atoms with Crippen LogP contribution in [0.2, 0.25) is 0 Å². The summed E-state index contributed by atoms with van der Waals surface area (Å²) in [7, 11) is 1.72. The number of Topliss-reactive ketones (excluding diaryl/α,β-unsaturated/α-hetero) is 1. The van der Waals surface area contributed by atoms with Crippen molar-refractivity contribution in [1.82, 2.24) is 0 Å². The van der Waals surface area contributed by atoms with E-state index >= 15 is 0 Å². The smallest absolute Gasteiger partial charge is 0.173 e. The van der Waals surface area contributed by atoms with Gasteiger partial charge in [0.05, 0.1) is 30.3 Å². The number of rotatable bonds is 4. The van der Waals surface area contributed by atoms with Gasteiger partial charge < -0.3 is 14.4 Å². The zero-order valence-electron chi connectivity index (χ0n) is 14.9. The number of hydrogen-bond acceptors (Lipinski definition) is 4. The summed E-state index contributed by atoms with van der Waals surface area (Å²) in [5, 5.41) is 0.330. The number of anilines is 1. The van der Waals surface area contributed by atoms with E-state index in [4.69, 9.17) is 9.47 Å². The summed E-state index contributed by atoms with van der Waals surface area (Å²) in [4.78, 5) is 14.7. The zero-order valence-corrected chi connectivity index (χ0v) is 16.5. The van der Waals surface area contributed by atoms with Gasteiger partial charge in [-0.15, -0.1) is 0 Å². The molecular weight excluding hydrogens is 370 g/mol. The summed E-state index contributed by atoms with van der Waals surface area (Å²) in [6.45, 7) is 8.19. The van der Waals surface area contributed by atoms with Crippen molar-refractivity contribution in [2.45, 2.75) is 51.2 Å². The fraction of sp³-hybridized carbons (Fsp3) is 0.632. The van der Waals surface area contributed by atoms with Crippen molar-refractivity contribution >= 4 is 27.4 Å². The van der Waals surface area contributed by atoms with Crippen LogP contribution in [0.25, 0.3) is 0 Å². The van der Waals surface area contributed by atoms with Crippen molar-refractivity contribution in [3.8, 4) is 5.75 Å². The minimum atomic E-state index is -0.103. The minimum absolute atomic E-state index is 0.0978. The molecule has 0 aromatic heterocycles. The van der Waals surface area contributed by atoms with Gasteiger partial charge in [0, 0.05) is 24.2 Å². The number of alkyl halides is 1. The van der Waals surface area contributed by atoms with Crippen molar-refractivity contribution in [2.24, 2.45) is 0 Å². The highest BCUT2D eigenvalue weighted by Crippen LogP contribution is 2.42. The molecule has 1 aromatic carbocycles. The Morgan fingerprint density at radius 3 is 2.42 bits per heavy atom. The number of benzene rings is 1. The lowest BCUT2D eigenvalue weighted by Crippen LogP contribution is -2.43. The molecule has 2 aliphatic heterocycles. The van der Waals surface area contributed by atoms with E-state index in [-0.39, 0.29) is 11.2 Å². The van der Waals surface area contributed by atoms with Gasteiger partial charge in [-0.3, -0.25) is 4.79 Å². The van der Waals surface area contributed by atoms with Gasteiger partial charge in [-0.25, -0.2) is 0 Å². The molecule has 0 N–H and O–H groups in total. The number of fused-ring (bicyclic) bond motifs is 2. The van der Waals surface area contributed by atoms with E-state index in [0.29, 0.717) is 17.5 Å². The third-order valence-electron chi connectivity index (χ3n) is 4.91. The first-order valence-electron chi connectivity index (χ1n) is 8.55. The third-order valence-corrected chi connectivity index (χ3v) is 5.42. The number of methoxy groups -OCH3 is 1. The lowest BCUT2D eigenvalue weighted by atomic mass is 9.84. The molecule has 4 nitrogen and oxygen atoms in total. The number of ether oxygens (including phenoxy) is 2. The van der Waals surface area contributed by atoms with Gasteiger partial charge in [-0.2, -0.15) is 0 Å². The minimum Gasteiger partial charge on any atom is -0.494 e. The predicted octanol–water partition coefficient (Wildman–Crippen LogP) is 3.94. The molecule has 24 heavy (non-hydrogen) atoms. The van der Waals surface area contributed by atoms with Crippen LogP contribution in [0.1, 0.15) is 49.5 Å². The zero-order chi connectivity index (χ0) is 17.5. The molecule has 0 radical (unpaired) electrons. The first-order valence-corrected chi connectivity index (χ1v) is 9.67. The van der Waals surface area contributed by atoms with E-state index in [2.05, 4.69) is 41.6 Å². The lowest BCUT2D eigenvalue weighted by Gasteiger charge is -2.36. The van der Waals surface area contributed by atoms with Crippen molar-refractivity contribution in [2.75, 3.05) is 30.4 Å². The van der Waals surface area contributed by atoms with E-state index in [0.717, 1.165) is 48.5 Å². The maximum absolute atomic E-state index is 12.3. The van der Waals surface area contributed by atoms with E-state index in [1.165, 1.54) is 0 Å². The molecule has 0 amide bonds. The SMILES string of the molecule is COc1c(N2C[C@H]3CC[C@@H](C2)O3)cc(C(=O)CBr)cc1C(C)(C)C. The van der Waals surface area contributed by atoms with Gasteiger partial charge in [-0.05, 0) is 30.4 Å². The monoisotopic (exact) mass is 395 g/mol. The predicted molar refractivity (Wildman–Crippen MR) is 99.9 cm³/mol. The molecule has 2 atom stereocenters. The number of ketones is 1. The van der Waals surface area contributed by atoms with E-state index in [1.807, 2.05) is 12.1 Å². The average molecular weight is 396 g/mol. The van der Waals surface area contributed by atoms with Gasteiger partial charge >= 0.3 is 0 Å². The molecule has 2 fully saturated rings. The lowest BCUT2D eigenvalue weighted by molar-refractivity contribution is 0.0303. The molecule has 0 unspecified atom stereocenters. The quantitative estimate of drug-likeness (QED) is 0.571. The molecule has 3 rings (SSSR count). The Labute approximate surface area is 152 Å². The first-order chi connectivity index (χ1) is 11.3. The highest BCUT2D eigenvalue weighted by Gasteiger charge is 2.36. The Morgan fingerprint density at radius 2 is 1.92 bits per heavy atom. The molecule has 2 saturated heterocycles. The molecule has 0 spiro atoms. The fourth-order valence-corrected chi connectivity index (χ4v) is 3.99. The van der Waals surface area contributed by atoms with Gasteiger partial charge in [0.25, 0.3) is 0 Å². The molecule has 2 bridgehead atoms. The van der Waals surface area contributed by atoms with Gasteiger partial charge in [0.2, 0.25) is 0 Å². The van der Waals surface area contributed by atoms with Crippen LogP contribution >= 0.6 is 15.9 Å². The Morgan fingerprint density at radius 1 is 1.29 bits per heavy atom. The highest BCUT2D eigenvalue weighted by molar-refractivity contribution is 9.09. The van der Waals surface area contributed by atoms with Gasteiger partial charge in [-0.1, -0.05) is 36.7 Å². The van der Waals surface area contributed by atoms with Crippen LogP contribution < -0.4 is 9.64 Å². The average Bonchev–Trinajstić information content (AvgIpc) is 2.89. The summed E-state index contributed by atoms with van der Waals surface area (Å²) in [5.74, 6) is 0.982. The van der Waals surface area contributed by atoms with Crippen LogP contribution in [-0.4, -0.2) is 43.5 Å². The molecule has 132 valence electrons. The normalized spacial score (nSPS) is 23.5. The van der Waals surface area contributed by atoms with E-state index in [9.17, 15) is 4.79 Å². The number of nitrogens with zero attached hydrogens (tertiary/aromatic N) is 1. The Bertz CT molecular complexity index is 626. The van der Waals surface area contributed by atoms with Crippen LogP contribution in [-0.2, 0) is 10.2 Å². The van der Waals surface area contributed by atoms with Gasteiger partial charge in [0.1, 0.15) is 5.75 Å². The summed E-state index contributed by atoms with van der Waals surface area (Å²) >= 11 is 3.30. The van der Waals surface area contributed by atoms with E-state index in [1.54, 1.807) is 7.11 Å². The molecule has 5 heteroatoms. The number of morpholine rings is 1. The summed E-state index contributed by atoms with van der Waals surface area (Å²) in [5.41, 5.74) is 2.74. The number of hydrogen-bond donors (Lipinski definition) is 0. The molecular formula is C19H26BrNO3.